The second-order valence-electron chi connectivity index (χ2n) is 6.30. The molecule has 0 bridgehead atoms. The van der Waals surface area contributed by atoms with Crippen LogP contribution in [0.2, 0.25) is 0 Å². The van der Waals surface area contributed by atoms with E-state index in [4.69, 9.17) is 0 Å². The summed E-state index contributed by atoms with van der Waals surface area (Å²) in [4.78, 5) is 6.81. The van der Waals surface area contributed by atoms with Gasteiger partial charge >= 0.3 is 0 Å². The molecule has 4 heteroatoms. The molecule has 4 nitrogen and oxygen atoms in total. The Morgan fingerprint density at radius 3 is 2.46 bits per heavy atom. The van der Waals surface area contributed by atoms with Crippen LogP contribution in [0.4, 0.5) is 0 Å². The van der Waals surface area contributed by atoms with Crippen LogP contribution in [-0.4, -0.2) is 50.1 Å². The Balaban J connectivity index is 2.17. The maximum atomic E-state index is 4.33. The van der Waals surface area contributed by atoms with Gasteiger partial charge in [0.05, 0.1) is 0 Å². The van der Waals surface area contributed by atoms with Crippen molar-refractivity contribution in [2.24, 2.45) is 4.99 Å². The summed E-state index contributed by atoms with van der Waals surface area (Å²) in [5, 5.41) is 6.92. The molecule has 0 aliphatic rings. The summed E-state index contributed by atoms with van der Waals surface area (Å²) >= 11 is 0. The van der Waals surface area contributed by atoms with Crippen LogP contribution >= 0.6 is 0 Å². The Kier molecular flexibility index (Phi) is 10.9. The number of hydrogen-bond donors (Lipinski definition) is 2. The van der Waals surface area contributed by atoms with Crippen molar-refractivity contribution in [3.63, 3.8) is 0 Å². The van der Waals surface area contributed by atoms with Crippen LogP contribution < -0.4 is 10.6 Å². The van der Waals surface area contributed by atoms with Crippen molar-refractivity contribution in [2.45, 2.75) is 52.5 Å². The van der Waals surface area contributed by atoms with E-state index in [0.29, 0.717) is 6.04 Å². The first-order chi connectivity index (χ1) is 11.7. The first kappa shape index (κ1) is 20.5. The second-order valence-corrected chi connectivity index (χ2v) is 6.30. The number of aliphatic imine (C=N–C) groups is 1. The maximum Gasteiger partial charge on any atom is 0.191 e. The quantitative estimate of drug-likeness (QED) is 0.371. The van der Waals surface area contributed by atoms with E-state index in [1.54, 1.807) is 0 Å². The first-order valence-electron chi connectivity index (χ1n) is 9.43. The molecule has 24 heavy (non-hydrogen) atoms. The standard InChI is InChI=1S/C20H36N4/c1-5-24(6-2)17-11-12-18(3)23-20(21-4)22-16-10-15-19-13-8-7-9-14-19/h7-9,13-14,18H,5-6,10-12,15-17H2,1-4H3,(H2,21,22,23). The molecule has 0 fully saturated rings. The Morgan fingerprint density at radius 1 is 1.12 bits per heavy atom. The highest BCUT2D eigenvalue weighted by Gasteiger charge is 2.06. The molecule has 1 unspecified atom stereocenters. The van der Waals surface area contributed by atoms with Gasteiger partial charge in [-0.1, -0.05) is 44.2 Å². The van der Waals surface area contributed by atoms with Gasteiger partial charge in [-0.2, -0.15) is 0 Å². The summed E-state index contributed by atoms with van der Waals surface area (Å²) in [6, 6.07) is 11.1. The lowest BCUT2D eigenvalue weighted by atomic mass is 10.1. The molecule has 0 heterocycles. The van der Waals surface area contributed by atoms with E-state index in [9.17, 15) is 0 Å². The van der Waals surface area contributed by atoms with Gasteiger partial charge in [0.1, 0.15) is 0 Å². The Morgan fingerprint density at radius 2 is 1.83 bits per heavy atom. The number of nitrogens with one attached hydrogen (secondary N) is 2. The molecule has 0 aromatic heterocycles. The number of hydrogen-bond acceptors (Lipinski definition) is 2. The van der Waals surface area contributed by atoms with Gasteiger partial charge in [-0.15, -0.1) is 0 Å². The monoisotopic (exact) mass is 332 g/mol. The summed E-state index contributed by atoms with van der Waals surface area (Å²) in [5.41, 5.74) is 1.40. The summed E-state index contributed by atoms with van der Waals surface area (Å²) in [6.45, 7) is 11.1. The average molecular weight is 333 g/mol. The van der Waals surface area contributed by atoms with Gasteiger partial charge in [-0.3, -0.25) is 4.99 Å². The van der Waals surface area contributed by atoms with Gasteiger partial charge in [0.15, 0.2) is 5.96 Å². The third-order valence-corrected chi connectivity index (χ3v) is 4.39. The third kappa shape index (κ3) is 8.92. The number of guanidine groups is 1. The molecule has 2 N–H and O–H groups in total. The van der Waals surface area contributed by atoms with Gasteiger partial charge < -0.3 is 15.5 Å². The van der Waals surface area contributed by atoms with Crippen LogP contribution in [-0.2, 0) is 6.42 Å². The van der Waals surface area contributed by atoms with E-state index < -0.39 is 0 Å². The van der Waals surface area contributed by atoms with Crippen LogP contribution in [0.15, 0.2) is 35.3 Å². The fourth-order valence-corrected chi connectivity index (χ4v) is 2.81. The largest absolute Gasteiger partial charge is 0.356 e. The highest BCUT2D eigenvalue weighted by molar-refractivity contribution is 5.79. The first-order valence-corrected chi connectivity index (χ1v) is 9.43. The zero-order chi connectivity index (χ0) is 17.6. The Hall–Kier alpha value is -1.55. The molecule has 0 amide bonds. The summed E-state index contributed by atoms with van der Waals surface area (Å²) < 4.78 is 0. The van der Waals surface area contributed by atoms with Crippen LogP contribution in [0.5, 0.6) is 0 Å². The predicted molar refractivity (Wildman–Crippen MR) is 106 cm³/mol. The number of aryl methyl sites for hydroxylation is 1. The maximum absolute atomic E-state index is 4.33. The smallest absolute Gasteiger partial charge is 0.191 e. The fourth-order valence-electron chi connectivity index (χ4n) is 2.81. The molecule has 1 atom stereocenters. The van der Waals surface area contributed by atoms with Crippen LogP contribution in [0.25, 0.3) is 0 Å². The lowest BCUT2D eigenvalue weighted by Crippen LogP contribution is -2.42. The van der Waals surface area contributed by atoms with Crippen LogP contribution in [0.3, 0.4) is 0 Å². The number of rotatable bonds is 11. The van der Waals surface area contributed by atoms with Gasteiger partial charge in [-0.05, 0) is 57.8 Å². The molecule has 0 aliphatic carbocycles. The van der Waals surface area contributed by atoms with Crippen molar-refractivity contribution >= 4 is 5.96 Å². The third-order valence-electron chi connectivity index (χ3n) is 4.39. The van der Waals surface area contributed by atoms with E-state index in [1.165, 1.54) is 24.9 Å². The highest BCUT2D eigenvalue weighted by atomic mass is 15.2. The van der Waals surface area contributed by atoms with Gasteiger partial charge in [0.2, 0.25) is 0 Å². The fraction of sp³-hybridized carbons (Fsp3) is 0.650. The molecule has 0 radical (unpaired) electrons. The molecule has 136 valence electrons. The van der Waals surface area contributed by atoms with Crippen LogP contribution in [0, 0.1) is 0 Å². The molecule has 1 aromatic carbocycles. The molecule has 0 spiro atoms. The molecule has 0 aliphatic heterocycles. The van der Waals surface area contributed by atoms with Gasteiger partial charge in [0, 0.05) is 19.6 Å². The number of nitrogens with zero attached hydrogens (tertiary/aromatic N) is 2. The number of benzene rings is 1. The zero-order valence-corrected chi connectivity index (χ0v) is 16.0. The Labute approximate surface area is 148 Å². The van der Waals surface area contributed by atoms with E-state index in [1.807, 2.05) is 7.05 Å². The minimum atomic E-state index is 0.445. The minimum Gasteiger partial charge on any atom is -0.356 e. The second kappa shape index (κ2) is 12.8. The zero-order valence-electron chi connectivity index (χ0n) is 16.0. The molecule has 1 aromatic rings. The van der Waals surface area contributed by atoms with Crippen molar-refractivity contribution < 1.29 is 0 Å². The average Bonchev–Trinajstić information content (AvgIpc) is 2.62. The van der Waals surface area contributed by atoms with Crippen molar-refractivity contribution in [1.29, 1.82) is 0 Å². The van der Waals surface area contributed by atoms with Crippen LogP contribution in [0.1, 0.15) is 45.6 Å². The van der Waals surface area contributed by atoms with E-state index in [0.717, 1.165) is 38.4 Å². The minimum absolute atomic E-state index is 0.445. The van der Waals surface area contributed by atoms with E-state index >= 15 is 0 Å². The van der Waals surface area contributed by atoms with Crippen molar-refractivity contribution in [3.05, 3.63) is 35.9 Å². The predicted octanol–water partition coefficient (Wildman–Crippen LogP) is 3.29. The summed E-state index contributed by atoms with van der Waals surface area (Å²) in [5.74, 6) is 0.915. The molecule has 0 saturated carbocycles. The van der Waals surface area contributed by atoms with Crippen molar-refractivity contribution in [3.8, 4) is 0 Å². The highest BCUT2D eigenvalue weighted by Crippen LogP contribution is 2.02. The van der Waals surface area contributed by atoms with E-state index in [2.05, 4.69) is 71.6 Å². The van der Waals surface area contributed by atoms with Gasteiger partial charge in [0.25, 0.3) is 0 Å². The normalized spacial score (nSPS) is 13.1. The Bertz CT molecular complexity index is 440. The van der Waals surface area contributed by atoms with Crippen molar-refractivity contribution in [2.75, 3.05) is 33.2 Å². The van der Waals surface area contributed by atoms with E-state index in [-0.39, 0.29) is 0 Å². The lowest BCUT2D eigenvalue weighted by Gasteiger charge is -2.21. The molecule has 0 saturated heterocycles. The SMILES string of the molecule is CCN(CC)CCCC(C)NC(=NC)NCCCc1ccccc1. The lowest BCUT2D eigenvalue weighted by molar-refractivity contribution is 0.292. The summed E-state index contributed by atoms with van der Waals surface area (Å²) in [6.07, 6.45) is 4.60. The molecular weight excluding hydrogens is 296 g/mol. The summed E-state index contributed by atoms with van der Waals surface area (Å²) in [7, 11) is 1.84. The molecule has 1 rings (SSSR count). The topological polar surface area (TPSA) is 39.7 Å². The van der Waals surface area contributed by atoms with Gasteiger partial charge in [-0.25, -0.2) is 0 Å². The van der Waals surface area contributed by atoms with Crippen molar-refractivity contribution in [1.82, 2.24) is 15.5 Å². The molecular formula is C20H36N4.